The fourth-order valence-electron chi connectivity index (χ4n) is 4.10. The number of benzene rings is 2. The molecule has 2 heteroatoms. The predicted octanol–water partition coefficient (Wildman–Crippen LogP) is 7.87. The fraction of sp³-hybridized carbons (Fsp3) is 0.462. The Hall–Kier alpha value is -1.51. The molecule has 0 spiro atoms. The van der Waals surface area contributed by atoms with E-state index < -0.39 is 0 Å². The summed E-state index contributed by atoms with van der Waals surface area (Å²) in [6.07, 6.45) is 8.31. The summed E-state index contributed by atoms with van der Waals surface area (Å²) in [7, 11) is 4.14. The molecule has 2 aromatic carbocycles. The lowest BCUT2D eigenvalue weighted by Crippen LogP contribution is -2.27. The van der Waals surface area contributed by atoms with E-state index in [0.29, 0.717) is 5.92 Å². The summed E-state index contributed by atoms with van der Waals surface area (Å²) in [6.45, 7) is 11.2. The number of hydrogen-bond acceptors (Lipinski definition) is 2. The quantitative estimate of drug-likeness (QED) is 0.281. The molecule has 28 heavy (non-hydrogen) atoms. The standard InChI is InChI=1S/C26H37NS/c1-7-11-24(12-8-2)26(4,9-3)20-21-13-10-14-23(19-21)22-15-17-25(18-16-22)28-27(5)6/h9-10,13-19,24H,3,7-8,11-12,20H2,1-2,4-6H3. The minimum Gasteiger partial charge on any atom is -0.253 e. The van der Waals surface area contributed by atoms with Crippen LogP contribution in [-0.4, -0.2) is 18.4 Å². The molecule has 1 atom stereocenters. The van der Waals surface area contributed by atoms with Gasteiger partial charge in [0.05, 0.1) is 0 Å². The molecule has 0 amide bonds. The van der Waals surface area contributed by atoms with Gasteiger partial charge in [-0.1, -0.05) is 76.1 Å². The lowest BCUT2D eigenvalue weighted by atomic mass is 9.69. The Labute approximate surface area is 177 Å². The third kappa shape index (κ3) is 6.25. The summed E-state index contributed by atoms with van der Waals surface area (Å²) in [5.41, 5.74) is 4.14. The van der Waals surface area contributed by atoms with Crippen LogP contribution >= 0.6 is 11.9 Å². The summed E-state index contributed by atoms with van der Waals surface area (Å²) in [5.74, 6) is 0.700. The Bertz CT molecular complexity index is 728. The van der Waals surface area contributed by atoms with Crippen molar-refractivity contribution in [3.8, 4) is 11.1 Å². The summed E-state index contributed by atoms with van der Waals surface area (Å²) in [4.78, 5) is 1.27. The molecule has 0 aliphatic heterocycles. The predicted molar refractivity (Wildman–Crippen MR) is 127 cm³/mol. The average Bonchev–Trinajstić information content (AvgIpc) is 2.68. The van der Waals surface area contributed by atoms with Crippen LogP contribution in [0.2, 0.25) is 0 Å². The van der Waals surface area contributed by atoms with Crippen LogP contribution in [0.5, 0.6) is 0 Å². The zero-order valence-electron chi connectivity index (χ0n) is 18.4. The van der Waals surface area contributed by atoms with Crippen molar-refractivity contribution in [1.29, 1.82) is 0 Å². The SMILES string of the molecule is C=CC(C)(Cc1cccc(-c2ccc(SN(C)C)cc2)c1)C(CCC)CCC. The molecular weight excluding hydrogens is 358 g/mol. The Kier molecular flexibility index (Phi) is 8.85. The fourth-order valence-corrected chi connectivity index (χ4v) is 4.78. The van der Waals surface area contributed by atoms with Crippen LogP contribution in [0.25, 0.3) is 11.1 Å². The van der Waals surface area contributed by atoms with Gasteiger partial charge in [-0.25, -0.2) is 0 Å². The van der Waals surface area contributed by atoms with Crippen molar-refractivity contribution < 1.29 is 0 Å². The maximum absolute atomic E-state index is 4.22. The van der Waals surface area contributed by atoms with Crippen molar-refractivity contribution in [1.82, 2.24) is 4.31 Å². The maximum Gasteiger partial charge on any atom is 0.0230 e. The summed E-state index contributed by atoms with van der Waals surface area (Å²) < 4.78 is 2.12. The Morgan fingerprint density at radius 2 is 1.64 bits per heavy atom. The first-order chi connectivity index (χ1) is 13.4. The van der Waals surface area contributed by atoms with Gasteiger partial charge < -0.3 is 0 Å². The van der Waals surface area contributed by atoms with Gasteiger partial charge >= 0.3 is 0 Å². The number of hydrogen-bond donors (Lipinski definition) is 0. The second-order valence-corrected chi connectivity index (χ2v) is 9.67. The van der Waals surface area contributed by atoms with Gasteiger partial charge in [-0.3, -0.25) is 4.31 Å². The zero-order chi connectivity index (χ0) is 20.6. The zero-order valence-corrected chi connectivity index (χ0v) is 19.2. The van der Waals surface area contributed by atoms with E-state index in [1.165, 1.54) is 47.3 Å². The van der Waals surface area contributed by atoms with E-state index in [2.05, 4.69) is 100 Å². The van der Waals surface area contributed by atoms with Gasteiger partial charge in [-0.15, -0.1) is 6.58 Å². The molecule has 1 unspecified atom stereocenters. The van der Waals surface area contributed by atoms with Gasteiger partial charge in [0.15, 0.2) is 0 Å². The van der Waals surface area contributed by atoms with Crippen molar-refractivity contribution in [3.05, 3.63) is 66.7 Å². The largest absolute Gasteiger partial charge is 0.253 e. The number of nitrogens with zero attached hydrogens (tertiary/aromatic N) is 1. The van der Waals surface area contributed by atoms with E-state index in [1.807, 2.05) is 0 Å². The number of rotatable bonds is 11. The molecular formula is C26H37NS. The van der Waals surface area contributed by atoms with Gasteiger partial charge in [0.25, 0.3) is 0 Å². The molecule has 0 saturated carbocycles. The van der Waals surface area contributed by atoms with Gasteiger partial charge in [-0.2, -0.15) is 0 Å². The normalized spacial score (nSPS) is 13.7. The van der Waals surface area contributed by atoms with Crippen LogP contribution in [0, 0.1) is 11.3 Å². The van der Waals surface area contributed by atoms with Crippen LogP contribution in [0.3, 0.4) is 0 Å². The van der Waals surface area contributed by atoms with Crippen molar-refractivity contribution in [2.24, 2.45) is 11.3 Å². The van der Waals surface area contributed by atoms with Crippen LogP contribution in [-0.2, 0) is 6.42 Å². The molecule has 0 aromatic heterocycles. The van der Waals surface area contributed by atoms with Crippen molar-refractivity contribution in [3.63, 3.8) is 0 Å². The van der Waals surface area contributed by atoms with E-state index in [-0.39, 0.29) is 5.41 Å². The molecule has 0 aliphatic rings. The van der Waals surface area contributed by atoms with E-state index in [0.717, 1.165) is 6.42 Å². The molecule has 0 saturated heterocycles. The second-order valence-electron chi connectivity index (χ2n) is 8.29. The molecule has 152 valence electrons. The first kappa shape index (κ1) is 22.8. The summed E-state index contributed by atoms with van der Waals surface area (Å²) in [6, 6.07) is 17.9. The highest BCUT2D eigenvalue weighted by Crippen LogP contribution is 2.39. The van der Waals surface area contributed by atoms with Crippen LogP contribution < -0.4 is 0 Å². The molecule has 2 aromatic rings. The molecule has 0 bridgehead atoms. The molecule has 2 rings (SSSR count). The van der Waals surface area contributed by atoms with Crippen LogP contribution in [0.1, 0.15) is 52.0 Å². The van der Waals surface area contributed by atoms with E-state index in [9.17, 15) is 0 Å². The third-order valence-electron chi connectivity index (χ3n) is 5.66. The van der Waals surface area contributed by atoms with E-state index in [1.54, 1.807) is 11.9 Å². The minimum atomic E-state index is 0.150. The molecule has 0 heterocycles. The smallest absolute Gasteiger partial charge is 0.0230 e. The van der Waals surface area contributed by atoms with Crippen LogP contribution in [0.15, 0.2) is 66.1 Å². The minimum absolute atomic E-state index is 0.150. The van der Waals surface area contributed by atoms with Crippen molar-refractivity contribution in [2.45, 2.75) is 57.8 Å². The summed E-state index contributed by atoms with van der Waals surface area (Å²) >= 11 is 1.75. The van der Waals surface area contributed by atoms with E-state index in [4.69, 9.17) is 0 Å². The first-order valence-corrected chi connectivity index (χ1v) is 11.4. The van der Waals surface area contributed by atoms with Crippen molar-refractivity contribution in [2.75, 3.05) is 14.1 Å². The molecule has 0 fully saturated rings. The van der Waals surface area contributed by atoms with Gasteiger partial charge in [0, 0.05) is 4.90 Å². The Balaban J connectivity index is 2.22. The highest BCUT2D eigenvalue weighted by Gasteiger charge is 2.30. The van der Waals surface area contributed by atoms with Crippen molar-refractivity contribution >= 4 is 11.9 Å². The molecule has 0 aliphatic carbocycles. The second kappa shape index (κ2) is 10.9. The van der Waals surface area contributed by atoms with Gasteiger partial charge in [0.2, 0.25) is 0 Å². The molecule has 0 N–H and O–H groups in total. The third-order valence-corrected chi connectivity index (χ3v) is 6.51. The molecule has 0 radical (unpaired) electrons. The molecule has 1 nitrogen and oxygen atoms in total. The number of allylic oxidation sites excluding steroid dienone is 1. The summed E-state index contributed by atoms with van der Waals surface area (Å²) in [5, 5.41) is 0. The topological polar surface area (TPSA) is 3.24 Å². The monoisotopic (exact) mass is 395 g/mol. The lowest BCUT2D eigenvalue weighted by molar-refractivity contribution is 0.220. The highest BCUT2D eigenvalue weighted by molar-refractivity contribution is 7.97. The Morgan fingerprint density at radius 3 is 2.18 bits per heavy atom. The highest BCUT2D eigenvalue weighted by atomic mass is 32.2. The maximum atomic E-state index is 4.22. The average molecular weight is 396 g/mol. The van der Waals surface area contributed by atoms with Crippen LogP contribution in [0.4, 0.5) is 0 Å². The first-order valence-electron chi connectivity index (χ1n) is 10.6. The lowest BCUT2D eigenvalue weighted by Gasteiger charge is -2.35. The van der Waals surface area contributed by atoms with Gasteiger partial charge in [0.1, 0.15) is 0 Å². The Morgan fingerprint density at radius 1 is 1.00 bits per heavy atom. The van der Waals surface area contributed by atoms with E-state index >= 15 is 0 Å². The van der Waals surface area contributed by atoms with Gasteiger partial charge in [-0.05, 0) is 85.5 Å².